The minimum absolute atomic E-state index is 0. The van der Waals surface area contributed by atoms with Gasteiger partial charge in [-0.2, -0.15) is 0 Å². The first-order chi connectivity index (χ1) is 10.0. The standard InChI is InChI=1S/C16H19N3O2.ClH/c1-11(17)15(20)18-14-13(12-7-4-3-5-8-12)9-6-10-19(2)16(14)21;/h3-11,14H,17H2,1-2H3,(H,18,20);1H/t11-,14?;/m0./s1. The fraction of sp³-hybridized carbons (Fsp3) is 0.250. The van der Waals surface area contributed by atoms with Crippen LogP contribution in [0.4, 0.5) is 0 Å². The number of nitrogens with one attached hydrogen (secondary N) is 1. The quantitative estimate of drug-likeness (QED) is 0.881. The van der Waals surface area contributed by atoms with Gasteiger partial charge in [-0.05, 0) is 24.1 Å². The van der Waals surface area contributed by atoms with Crippen molar-refractivity contribution in [2.75, 3.05) is 7.05 Å². The van der Waals surface area contributed by atoms with Crippen LogP contribution in [0.2, 0.25) is 0 Å². The van der Waals surface area contributed by atoms with Gasteiger partial charge in [-0.15, -0.1) is 12.4 Å². The van der Waals surface area contributed by atoms with Crippen molar-refractivity contribution >= 4 is 29.8 Å². The molecule has 2 rings (SSSR count). The first kappa shape index (κ1) is 17.9. The molecule has 5 nitrogen and oxygen atoms in total. The van der Waals surface area contributed by atoms with Gasteiger partial charge in [0, 0.05) is 13.2 Å². The summed E-state index contributed by atoms with van der Waals surface area (Å²) in [5.41, 5.74) is 7.22. The highest BCUT2D eigenvalue weighted by atomic mass is 35.5. The first-order valence-electron chi connectivity index (χ1n) is 6.77. The molecule has 0 saturated heterocycles. The smallest absolute Gasteiger partial charge is 0.253 e. The highest BCUT2D eigenvalue weighted by molar-refractivity contribution is 6.00. The third kappa shape index (κ3) is 3.96. The Morgan fingerprint density at radius 2 is 1.95 bits per heavy atom. The Morgan fingerprint density at radius 1 is 1.32 bits per heavy atom. The SMILES string of the molecule is C[C@H](N)C(=O)NC1C(=O)N(C)C=CC=C1c1ccccc1.Cl. The van der Waals surface area contributed by atoms with Gasteiger partial charge in [-0.25, -0.2) is 0 Å². The largest absolute Gasteiger partial charge is 0.339 e. The molecule has 1 aliphatic rings. The predicted octanol–water partition coefficient (Wildman–Crippen LogP) is 1.31. The Bertz CT molecular complexity index is 597. The number of nitrogens with two attached hydrogens (primary N) is 1. The van der Waals surface area contributed by atoms with E-state index < -0.39 is 12.1 Å². The monoisotopic (exact) mass is 321 g/mol. The van der Waals surface area contributed by atoms with Crippen molar-refractivity contribution in [3.63, 3.8) is 0 Å². The zero-order chi connectivity index (χ0) is 15.4. The number of allylic oxidation sites excluding steroid dienone is 2. The summed E-state index contributed by atoms with van der Waals surface area (Å²) in [6.45, 7) is 1.59. The molecule has 0 saturated carbocycles. The fourth-order valence-electron chi connectivity index (χ4n) is 2.09. The van der Waals surface area contributed by atoms with Crippen molar-refractivity contribution in [2.24, 2.45) is 5.73 Å². The number of benzene rings is 1. The number of halogens is 1. The molecule has 2 atom stereocenters. The Balaban J connectivity index is 0.00000242. The minimum Gasteiger partial charge on any atom is -0.339 e. The number of hydrogen-bond donors (Lipinski definition) is 2. The second-order valence-electron chi connectivity index (χ2n) is 5.01. The lowest BCUT2D eigenvalue weighted by Gasteiger charge is -2.24. The van der Waals surface area contributed by atoms with E-state index in [9.17, 15) is 9.59 Å². The van der Waals surface area contributed by atoms with E-state index >= 15 is 0 Å². The Hall–Kier alpha value is -2.11. The van der Waals surface area contributed by atoms with E-state index in [0.29, 0.717) is 0 Å². The van der Waals surface area contributed by atoms with Gasteiger partial charge in [0.2, 0.25) is 5.91 Å². The predicted molar refractivity (Wildman–Crippen MR) is 89.2 cm³/mol. The third-order valence-corrected chi connectivity index (χ3v) is 3.30. The number of carbonyl (C=O) groups excluding carboxylic acids is 2. The molecule has 1 aliphatic heterocycles. The summed E-state index contributed by atoms with van der Waals surface area (Å²) in [5, 5.41) is 2.72. The van der Waals surface area contributed by atoms with Gasteiger partial charge in [0.05, 0.1) is 6.04 Å². The fourth-order valence-corrected chi connectivity index (χ4v) is 2.09. The van der Waals surface area contributed by atoms with Gasteiger partial charge in [0.15, 0.2) is 0 Å². The normalized spacial score (nSPS) is 18.9. The molecule has 1 heterocycles. The van der Waals surface area contributed by atoms with E-state index in [2.05, 4.69) is 5.32 Å². The molecule has 118 valence electrons. The van der Waals surface area contributed by atoms with E-state index in [1.807, 2.05) is 36.4 Å². The van der Waals surface area contributed by atoms with E-state index in [0.717, 1.165) is 11.1 Å². The molecule has 1 aromatic carbocycles. The minimum atomic E-state index is -0.745. The van der Waals surface area contributed by atoms with Crippen molar-refractivity contribution in [1.82, 2.24) is 10.2 Å². The highest BCUT2D eigenvalue weighted by Crippen LogP contribution is 2.22. The van der Waals surface area contributed by atoms with E-state index in [1.54, 1.807) is 26.2 Å². The summed E-state index contributed by atoms with van der Waals surface area (Å²) in [5.74, 6) is -0.557. The number of rotatable bonds is 3. The topological polar surface area (TPSA) is 75.4 Å². The molecule has 2 amide bonds. The maximum atomic E-state index is 12.5. The van der Waals surface area contributed by atoms with Crippen LogP contribution in [0, 0.1) is 0 Å². The molecule has 3 N–H and O–H groups in total. The van der Waals surface area contributed by atoms with Crippen LogP contribution in [0.3, 0.4) is 0 Å². The molecule has 0 spiro atoms. The lowest BCUT2D eigenvalue weighted by Crippen LogP contribution is -2.50. The third-order valence-electron chi connectivity index (χ3n) is 3.30. The molecule has 22 heavy (non-hydrogen) atoms. The van der Waals surface area contributed by atoms with Crippen molar-refractivity contribution in [2.45, 2.75) is 19.0 Å². The summed E-state index contributed by atoms with van der Waals surface area (Å²) in [7, 11) is 1.66. The molecule has 0 radical (unpaired) electrons. The van der Waals surface area contributed by atoms with Crippen molar-refractivity contribution in [3.05, 3.63) is 54.2 Å². The molecular weight excluding hydrogens is 302 g/mol. The summed E-state index contributed by atoms with van der Waals surface area (Å²) in [6.07, 6.45) is 5.30. The number of amides is 2. The zero-order valence-electron chi connectivity index (χ0n) is 12.5. The van der Waals surface area contributed by atoms with E-state index in [1.165, 1.54) is 4.90 Å². The first-order valence-corrected chi connectivity index (χ1v) is 6.77. The lowest BCUT2D eigenvalue weighted by molar-refractivity contribution is -0.132. The van der Waals surface area contributed by atoms with Crippen LogP contribution in [0.25, 0.3) is 5.57 Å². The maximum Gasteiger partial charge on any atom is 0.253 e. The molecule has 0 fully saturated rings. The van der Waals surface area contributed by atoms with Crippen LogP contribution >= 0.6 is 12.4 Å². The van der Waals surface area contributed by atoms with Crippen LogP contribution in [0.15, 0.2) is 48.7 Å². The maximum absolute atomic E-state index is 12.5. The average Bonchev–Trinajstić information content (AvgIpc) is 2.61. The average molecular weight is 322 g/mol. The molecular formula is C16H20ClN3O2. The summed E-state index contributed by atoms with van der Waals surface area (Å²) >= 11 is 0. The molecule has 0 bridgehead atoms. The Labute approximate surface area is 136 Å². The summed E-state index contributed by atoms with van der Waals surface area (Å²) < 4.78 is 0. The van der Waals surface area contributed by atoms with Crippen molar-refractivity contribution in [3.8, 4) is 0 Å². The Kier molecular flexibility index (Phi) is 6.34. The van der Waals surface area contributed by atoms with Gasteiger partial charge in [-0.3, -0.25) is 9.59 Å². The molecule has 0 aliphatic carbocycles. The Morgan fingerprint density at radius 3 is 2.55 bits per heavy atom. The van der Waals surface area contributed by atoms with Gasteiger partial charge >= 0.3 is 0 Å². The second-order valence-corrected chi connectivity index (χ2v) is 5.01. The number of hydrogen-bond acceptors (Lipinski definition) is 3. The van der Waals surface area contributed by atoms with Gasteiger partial charge < -0.3 is 16.0 Å². The van der Waals surface area contributed by atoms with E-state index in [-0.39, 0.29) is 24.2 Å². The van der Waals surface area contributed by atoms with Crippen LogP contribution in [0.5, 0.6) is 0 Å². The van der Waals surface area contributed by atoms with Crippen LogP contribution in [-0.4, -0.2) is 35.8 Å². The van der Waals surface area contributed by atoms with Gasteiger partial charge in [0.25, 0.3) is 5.91 Å². The van der Waals surface area contributed by atoms with Gasteiger partial charge in [-0.1, -0.05) is 36.4 Å². The zero-order valence-corrected chi connectivity index (χ0v) is 13.3. The van der Waals surface area contributed by atoms with Gasteiger partial charge in [0.1, 0.15) is 6.04 Å². The molecule has 1 aromatic rings. The summed E-state index contributed by atoms with van der Waals surface area (Å²) in [4.78, 5) is 25.8. The number of carbonyl (C=O) groups is 2. The van der Waals surface area contributed by atoms with Crippen LogP contribution < -0.4 is 11.1 Å². The number of nitrogens with zero attached hydrogens (tertiary/aromatic N) is 1. The van der Waals surface area contributed by atoms with E-state index in [4.69, 9.17) is 5.73 Å². The second kappa shape index (κ2) is 7.77. The number of likely N-dealkylation sites (N-methyl/N-ethyl adjacent to an activating group) is 1. The lowest BCUT2D eigenvalue weighted by atomic mass is 9.97. The van der Waals surface area contributed by atoms with Crippen LogP contribution in [0.1, 0.15) is 12.5 Å². The van der Waals surface area contributed by atoms with Crippen molar-refractivity contribution in [1.29, 1.82) is 0 Å². The van der Waals surface area contributed by atoms with Crippen molar-refractivity contribution < 1.29 is 9.59 Å². The molecule has 6 heteroatoms. The molecule has 1 unspecified atom stereocenters. The van der Waals surface area contributed by atoms with Crippen LogP contribution in [-0.2, 0) is 9.59 Å². The summed E-state index contributed by atoms with van der Waals surface area (Å²) in [6, 6.07) is 8.08. The highest BCUT2D eigenvalue weighted by Gasteiger charge is 2.29. The molecule has 0 aromatic heterocycles.